The Hall–Kier alpha value is -3.73. The van der Waals surface area contributed by atoms with Gasteiger partial charge in [-0.25, -0.2) is 0 Å². The van der Waals surface area contributed by atoms with E-state index in [1.165, 1.54) is 5.56 Å². The van der Waals surface area contributed by atoms with Gasteiger partial charge in [0.1, 0.15) is 0 Å². The van der Waals surface area contributed by atoms with Gasteiger partial charge in [0.15, 0.2) is 11.5 Å². The molecule has 0 saturated heterocycles. The molecule has 0 heterocycles. The normalized spacial score (nSPS) is 19.9. The van der Waals surface area contributed by atoms with Crippen LogP contribution in [-0.2, 0) is 5.41 Å². The Labute approximate surface area is 207 Å². The second-order valence-electron chi connectivity index (χ2n) is 8.74. The average Bonchev–Trinajstić information content (AvgIpc) is 2.89. The lowest BCUT2D eigenvalue weighted by Crippen LogP contribution is -2.49. The quantitative estimate of drug-likeness (QED) is 0.322. The van der Waals surface area contributed by atoms with Crippen LogP contribution >= 0.6 is 0 Å². The molecule has 0 bridgehead atoms. The Balaban J connectivity index is 1.80. The van der Waals surface area contributed by atoms with Gasteiger partial charge in [0.05, 0.1) is 18.8 Å². The molecule has 0 spiro atoms. The Morgan fingerprint density at radius 3 is 2.46 bits per heavy atom. The van der Waals surface area contributed by atoms with Crippen LogP contribution in [0.3, 0.4) is 0 Å². The van der Waals surface area contributed by atoms with E-state index in [1.54, 1.807) is 12.3 Å². The molecule has 186 valence electrons. The van der Waals surface area contributed by atoms with Crippen molar-refractivity contribution in [2.45, 2.75) is 51.0 Å². The number of nitrogens with zero attached hydrogens (tertiary/aromatic N) is 3. The molecule has 1 saturated carbocycles. The standard InChI is InChI=1S/C27H35N5O3/c1-4-34-23-13-9-12-22(24(23)35-5-2)25(33)30-18-27(20-10-7-6-8-11-20)16-14-21(15-17-27)32(3)26(29)31-19-28/h6-13,21H,4-5,14-18H2,1-3H3,(H2,29,31)(H,30,33)/t21-,27-. The second kappa shape index (κ2) is 12.1. The van der Waals surface area contributed by atoms with Crippen LogP contribution in [0, 0.1) is 11.5 Å². The number of ether oxygens (including phenoxy) is 2. The van der Waals surface area contributed by atoms with Crippen molar-refractivity contribution in [2.24, 2.45) is 10.7 Å². The molecule has 0 radical (unpaired) electrons. The molecular weight excluding hydrogens is 442 g/mol. The smallest absolute Gasteiger partial charge is 0.255 e. The van der Waals surface area contributed by atoms with Crippen LogP contribution in [0.15, 0.2) is 53.5 Å². The number of nitriles is 1. The fourth-order valence-corrected chi connectivity index (χ4v) is 4.82. The van der Waals surface area contributed by atoms with E-state index in [9.17, 15) is 4.79 Å². The Bertz CT molecular complexity index is 1060. The van der Waals surface area contributed by atoms with Gasteiger partial charge in [-0.2, -0.15) is 5.26 Å². The minimum atomic E-state index is -0.210. The number of nitrogens with one attached hydrogen (secondary N) is 1. The zero-order chi connectivity index (χ0) is 25.3. The average molecular weight is 478 g/mol. The van der Waals surface area contributed by atoms with E-state index in [0.717, 1.165) is 25.7 Å². The summed E-state index contributed by atoms with van der Waals surface area (Å²) in [6, 6.07) is 15.9. The zero-order valence-electron chi connectivity index (χ0n) is 20.8. The van der Waals surface area contributed by atoms with E-state index >= 15 is 0 Å². The van der Waals surface area contributed by atoms with Gasteiger partial charge in [0, 0.05) is 25.0 Å². The number of carbonyl (C=O) groups excluding carboxylic acids is 1. The third-order valence-corrected chi connectivity index (χ3v) is 6.77. The molecule has 2 aromatic carbocycles. The first kappa shape index (κ1) is 25.9. The van der Waals surface area contributed by atoms with Crippen LogP contribution in [0.25, 0.3) is 0 Å². The van der Waals surface area contributed by atoms with Gasteiger partial charge in [-0.1, -0.05) is 36.4 Å². The van der Waals surface area contributed by atoms with E-state index in [0.29, 0.717) is 36.8 Å². The van der Waals surface area contributed by atoms with Crippen molar-refractivity contribution in [3.63, 3.8) is 0 Å². The summed E-state index contributed by atoms with van der Waals surface area (Å²) >= 11 is 0. The molecule has 35 heavy (non-hydrogen) atoms. The maximum Gasteiger partial charge on any atom is 0.255 e. The number of aliphatic imine (C=N–C) groups is 1. The summed E-state index contributed by atoms with van der Waals surface area (Å²) in [7, 11) is 1.87. The van der Waals surface area contributed by atoms with Crippen molar-refractivity contribution in [3.05, 3.63) is 59.7 Å². The highest BCUT2D eigenvalue weighted by Gasteiger charge is 2.38. The highest BCUT2D eigenvalue weighted by molar-refractivity contribution is 5.97. The van der Waals surface area contributed by atoms with Gasteiger partial charge in [-0.15, -0.1) is 4.99 Å². The van der Waals surface area contributed by atoms with Gasteiger partial charge in [-0.05, 0) is 57.2 Å². The summed E-state index contributed by atoms with van der Waals surface area (Å²) < 4.78 is 11.5. The second-order valence-corrected chi connectivity index (χ2v) is 8.74. The van der Waals surface area contributed by atoms with Gasteiger partial charge in [0.25, 0.3) is 5.91 Å². The van der Waals surface area contributed by atoms with Crippen LogP contribution < -0.4 is 20.5 Å². The van der Waals surface area contributed by atoms with E-state index in [1.807, 2.05) is 56.1 Å². The van der Waals surface area contributed by atoms with Gasteiger partial charge >= 0.3 is 0 Å². The Morgan fingerprint density at radius 2 is 1.83 bits per heavy atom. The van der Waals surface area contributed by atoms with Crippen molar-refractivity contribution in [1.82, 2.24) is 10.2 Å². The summed E-state index contributed by atoms with van der Waals surface area (Å²) in [5, 5.41) is 12.0. The fraction of sp³-hybridized carbons (Fsp3) is 0.444. The largest absolute Gasteiger partial charge is 0.490 e. The number of hydrogen-bond donors (Lipinski definition) is 2. The number of para-hydroxylation sites is 1. The summed E-state index contributed by atoms with van der Waals surface area (Å²) in [4.78, 5) is 18.9. The number of rotatable bonds is 9. The number of nitrogens with two attached hydrogens (primary N) is 1. The van der Waals surface area contributed by atoms with Crippen LogP contribution in [0.5, 0.6) is 11.5 Å². The minimum Gasteiger partial charge on any atom is -0.490 e. The molecular formula is C27H35N5O3. The first-order chi connectivity index (χ1) is 17.0. The summed E-state index contributed by atoms with van der Waals surface area (Å²) in [6.45, 7) is 5.21. The highest BCUT2D eigenvalue weighted by atomic mass is 16.5. The number of guanidine groups is 1. The highest BCUT2D eigenvalue weighted by Crippen LogP contribution is 2.40. The SMILES string of the molecule is CCOc1cccc(C(=O)NC[C@]2(c3ccccc3)CC[C@H](N(C)C(N)=NC#N)CC2)c1OCC. The van der Waals surface area contributed by atoms with Gasteiger partial charge < -0.3 is 25.4 Å². The predicted octanol–water partition coefficient (Wildman–Crippen LogP) is 3.82. The summed E-state index contributed by atoms with van der Waals surface area (Å²) in [5.41, 5.74) is 7.41. The maximum atomic E-state index is 13.3. The third-order valence-electron chi connectivity index (χ3n) is 6.77. The number of carbonyl (C=O) groups is 1. The molecule has 3 N–H and O–H groups in total. The molecule has 8 heteroatoms. The monoisotopic (exact) mass is 477 g/mol. The first-order valence-electron chi connectivity index (χ1n) is 12.1. The maximum absolute atomic E-state index is 13.3. The first-order valence-corrected chi connectivity index (χ1v) is 12.1. The lowest BCUT2D eigenvalue weighted by atomic mass is 9.68. The van der Waals surface area contributed by atoms with Crippen molar-refractivity contribution < 1.29 is 14.3 Å². The number of benzene rings is 2. The molecule has 1 amide bonds. The van der Waals surface area contributed by atoms with Gasteiger partial charge in [-0.3, -0.25) is 4.79 Å². The molecule has 8 nitrogen and oxygen atoms in total. The molecule has 3 rings (SSSR count). The lowest BCUT2D eigenvalue weighted by molar-refractivity contribution is 0.0926. The molecule has 0 aromatic heterocycles. The predicted molar refractivity (Wildman–Crippen MR) is 136 cm³/mol. The van der Waals surface area contributed by atoms with Crippen LogP contribution in [0.1, 0.15) is 55.5 Å². The molecule has 1 aliphatic rings. The molecule has 1 fully saturated rings. The van der Waals surface area contributed by atoms with Crippen molar-refractivity contribution in [2.75, 3.05) is 26.8 Å². The van der Waals surface area contributed by atoms with E-state index in [2.05, 4.69) is 22.4 Å². The molecule has 0 aliphatic heterocycles. The van der Waals surface area contributed by atoms with Crippen LogP contribution in [0.2, 0.25) is 0 Å². The topological polar surface area (TPSA) is 113 Å². The van der Waals surface area contributed by atoms with Crippen molar-refractivity contribution in [1.29, 1.82) is 5.26 Å². The minimum absolute atomic E-state index is 0.185. The Kier molecular flexibility index (Phi) is 8.96. The third kappa shape index (κ3) is 6.04. The van der Waals surface area contributed by atoms with Crippen LogP contribution in [0.4, 0.5) is 0 Å². The molecule has 0 unspecified atom stereocenters. The summed E-state index contributed by atoms with van der Waals surface area (Å²) in [6.07, 6.45) is 5.22. The Morgan fingerprint density at radius 1 is 1.14 bits per heavy atom. The number of amides is 1. The summed E-state index contributed by atoms with van der Waals surface area (Å²) in [5.74, 6) is 1.09. The van der Waals surface area contributed by atoms with E-state index < -0.39 is 0 Å². The lowest BCUT2D eigenvalue weighted by Gasteiger charge is -2.43. The van der Waals surface area contributed by atoms with E-state index in [-0.39, 0.29) is 23.3 Å². The fourth-order valence-electron chi connectivity index (χ4n) is 4.82. The van der Waals surface area contributed by atoms with Crippen molar-refractivity contribution >= 4 is 11.9 Å². The zero-order valence-corrected chi connectivity index (χ0v) is 20.8. The molecule has 0 atom stereocenters. The van der Waals surface area contributed by atoms with Crippen LogP contribution in [-0.4, -0.2) is 49.6 Å². The van der Waals surface area contributed by atoms with Gasteiger partial charge in [0.2, 0.25) is 12.2 Å². The van der Waals surface area contributed by atoms with Crippen molar-refractivity contribution in [3.8, 4) is 17.7 Å². The van der Waals surface area contributed by atoms with E-state index in [4.69, 9.17) is 20.5 Å². The molecule has 1 aliphatic carbocycles. The number of hydrogen-bond acceptors (Lipinski definition) is 5. The molecule has 2 aromatic rings.